The van der Waals surface area contributed by atoms with Crippen molar-refractivity contribution in [3.8, 4) is 0 Å². The van der Waals surface area contributed by atoms with E-state index < -0.39 is 11.9 Å². The average Bonchev–Trinajstić information content (AvgIpc) is 2.30. The van der Waals surface area contributed by atoms with E-state index >= 15 is 0 Å². The molecule has 1 unspecified atom stereocenters. The molecule has 0 spiro atoms. The first-order valence-corrected chi connectivity index (χ1v) is 3.76. The van der Waals surface area contributed by atoms with Crippen molar-refractivity contribution in [1.82, 2.24) is 10.6 Å². The first-order valence-electron chi connectivity index (χ1n) is 3.76. The van der Waals surface area contributed by atoms with Crippen LogP contribution in [-0.2, 0) is 14.4 Å². The van der Waals surface area contributed by atoms with E-state index in [2.05, 4.69) is 10.6 Å². The van der Waals surface area contributed by atoms with Crippen molar-refractivity contribution in [1.29, 1.82) is 0 Å². The van der Waals surface area contributed by atoms with Gasteiger partial charge in [0.2, 0.25) is 17.7 Å². The minimum atomic E-state index is -0.662. The van der Waals surface area contributed by atoms with Gasteiger partial charge in [0, 0.05) is 6.42 Å². The van der Waals surface area contributed by atoms with E-state index in [-0.39, 0.29) is 18.2 Å². The minimum Gasteiger partial charge on any atom is -0.344 e. The van der Waals surface area contributed by atoms with Gasteiger partial charge in [0.1, 0.15) is 6.04 Å². The molecule has 5 nitrogen and oxygen atoms in total. The Morgan fingerprint density at radius 2 is 2.33 bits per heavy atom. The van der Waals surface area contributed by atoms with Crippen LogP contribution in [0.1, 0.15) is 19.8 Å². The summed E-state index contributed by atoms with van der Waals surface area (Å²) in [5.41, 5.74) is 0. The van der Waals surface area contributed by atoms with Crippen LogP contribution in [-0.4, -0.2) is 23.8 Å². The van der Waals surface area contributed by atoms with Gasteiger partial charge in [0.25, 0.3) is 0 Å². The molecule has 5 heteroatoms. The van der Waals surface area contributed by atoms with Gasteiger partial charge >= 0.3 is 0 Å². The van der Waals surface area contributed by atoms with Gasteiger partial charge in [-0.15, -0.1) is 0 Å². The fourth-order valence-corrected chi connectivity index (χ4v) is 0.967. The number of rotatable bonds is 2. The van der Waals surface area contributed by atoms with Gasteiger partial charge in [-0.1, -0.05) is 6.92 Å². The fraction of sp³-hybridized carbons (Fsp3) is 0.571. The van der Waals surface area contributed by atoms with Gasteiger partial charge in [-0.3, -0.25) is 19.7 Å². The number of carbonyl (C=O) groups excluding carboxylic acids is 3. The summed E-state index contributed by atoms with van der Waals surface area (Å²) in [4.78, 5) is 32.4. The lowest BCUT2D eigenvalue weighted by atomic mass is 10.2. The predicted molar refractivity (Wildman–Crippen MR) is 40.0 cm³/mol. The maximum Gasteiger partial charge on any atom is 0.249 e. The van der Waals surface area contributed by atoms with Crippen molar-refractivity contribution in [3.05, 3.63) is 0 Å². The molecule has 1 saturated heterocycles. The van der Waals surface area contributed by atoms with Crippen LogP contribution in [0.4, 0.5) is 0 Å². The molecular formula is C7H10N2O3. The molecule has 3 amide bonds. The van der Waals surface area contributed by atoms with Crippen LogP contribution in [0.15, 0.2) is 0 Å². The van der Waals surface area contributed by atoms with Gasteiger partial charge in [-0.05, 0) is 0 Å². The molecule has 0 bridgehead atoms. The van der Waals surface area contributed by atoms with E-state index in [0.29, 0.717) is 6.42 Å². The van der Waals surface area contributed by atoms with Gasteiger partial charge < -0.3 is 5.32 Å². The Kier molecular flexibility index (Phi) is 2.42. The van der Waals surface area contributed by atoms with E-state index in [0.717, 1.165) is 0 Å². The number of imide groups is 1. The van der Waals surface area contributed by atoms with E-state index in [1.807, 2.05) is 0 Å². The number of carbonyl (C=O) groups is 3. The first kappa shape index (κ1) is 8.70. The van der Waals surface area contributed by atoms with E-state index in [1.165, 1.54) is 0 Å². The van der Waals surface area contributed by atoms with Gasteiger partial charge in [-0.25, -0.2) is 0 Å². The lowest BCUT2D eigenvalue weighted by Crippen LogP contribution is -2.39. The summed E-state index contributed by atoms with van der Waals surface area (Å²) >= 11 is 0. The molecule has 1 aliphatic heterocycles. The second-order valence-electron chi connectivity index (χ2n) is 2.59. The van der Waals surface area contributed by atoms with Crippen molar-refractivity contribution >= 4 is 17.7 Å². The molecule has 0 aromatic heterocycles. The Morgan fingerprint density at radius 3 is 2.75 bits per heavy atom. The Labute approximate surface area is 69.5 Å². The Bertz CT molecular complexity index is 237. The van der Waals surface area contributed by atoms with Crippen LogP contribution in [0.5, 0.6) is 0 Å². The molecule has 0 aromatic carbocycles. The summed E-state index contributed by atoms with van der Waals surface area (Å²) in [6.45, 7) is 1.68. The summed E-state index contributed by atoms with van der Waals surface area (Å²) in [6.07, 6.45) is 0.378. The molecule has 0 aromatic rings. The lowest BCUT2D eigenvalue weighted by molar-refractivity contribution is -0.128. The van der Waals surface area contributed by atoms with Crippen molar-refractivity contribution in [3.63, 3.8) is 0 Å². The standard InChI is InChI=1S/C7H10N2O3/c1-2-5(10)8-4-3-6(11)9-7(4)12/h4H,2-3H2,1H3,(H,8,10)(H,9,11,12). The monoisotopic (exact) mass is 170 g/mol. The van der Waals surface area contributed by atoms with E-state index in [4.69, 9.17) is 0 Å². The van der Waals surface area contributed by atoms with Crippen molar-refractivity contribution < 1.29 is 14.4 Å². The highest BCUT2D eigenvalue weighted by atomic mass is 16.2. The molecule has 1 fully saturated rings. The molecule has 1 rings (SSSR count). The van der Waals surface area contributed by atoms with Crippen molar-refractivity contribution in [2.75, 3.05) is 0 Å². The Balaban J connectivity index is 2.48. The fourth-order valence-electron chi connectivity index (χ4n) is 0.967. The third-order valence-corrected chi connectivity index (χ3v) is 1.62. The molecule has 66 valence electrons. The number of nitrogens with one attached hydrogen (secondary N) is 2. The maximum atomic E-state index is 10.9. The molecule has 0 radical (unpaired) electrons. The quantitative estimate of drug-likeness (QED) is 0.518. The van der Waals surface area contributed by atoms with Gasteiger partial charge in [0.15, 0.2) is 0 Å². The third-order valence-electron chi connectivity index (χ3n) is 1.62. The topological polar surface area (TPSA) is 75.3 Å². The summed E-state index contributed by atoms with van der Waals surface area (Å²) in [6, 6.07) is -0.662. The molecule has 0 aliphatic carbocycles. The summed E-state index contributed by atoms with van der Waals surface area (Å²) in [7, 11) is 0. The minimum absolute atomic E-state index is 0.0601. The van der Waals surface area contributed by atoms with Gasteiger partial charge in [-0.2, -0.15) is 0 Å². The largest absolute Gasteiger partial charge is 0.344 e. The van der Waals surface area contributed by atoms with E-state index in [1.54, 1.807) is 6.92 Å². The maximum absolute atomic E-state index is 10.9. The molecule has 1 heterocycles. The molecule has 2 N–H and O–H groups in total. The predicted octanol–water partition coefficient (Wildman–Crippen LogP) is -1.07. The van der Waals surface area contributed by atoms with Gasteiger partial charge in [0.05, 0.1) is 6.42 Å². The summed E-state index contributed by atoms with van der Waals surface area (Å²) in [5.74, 6) is -0.965. The summed E-state index contributed by atoms with van der Waals surface area (Å²) < 4.78 is 0. The molecule has 1 atom stereocenters. The smallest absolute Gasteiger partial charge is 0.249 e. The zero-order valence-corrected chi connectivity index (χ0v) is 6.72. The highest BCUT2D eigenvalue weighted by molar-refractivity contribution is 6.06. The van der Waals surface area contributed by atoms with Crippen LogP contribution in [0.25, 0.3) is 0 Å². The average molecular weight is 170 g/mol. The van der Waals surface area contributed by atoms with E-state index in [9.17, 15) is 14.4 Å². The zero-order chi connectivity index (χ0) is 9.14. The molecular weight excluding hydrogens is 160 g/mol. The number of hydrogen-bond donors (Lipinski definition) is 2. The van der Waals surface area contributed by atoms with Crippen LogP contribution < -0.4 is 10.6 Å². The molecule has 1 aliphatic rings. The number of amides is 3. The molecule has 12 heavy (non-hydrogen) atoms. The highest BCUT2D eigenvalue weighted by Crippen LogP contribution is 2.00. The number of hydrogen-bond acceptors (Lipinski definition) is 3. The van der Waals surface area contributed by atoms with Crippen molar-refractivity contribution in [2.45, 2.75) is 25.8 Å². The molecule has 0 saturated carbocycles. The normalized spacial score (nSPS) is 22.2. The SMILES string of the molecule is CCC(=O)NC1CC(=O)NC1=O. The third kappa shape index (κ3) is 1.81. The van der Waals surface area contributed by atoms with Crippen molar-refractivity contribution in [2.24, 2.45) is 0 Å². The Hall–Kier alpha value is -1.39. The lowest BCUT2D eigenvalue weighted by Gasteiger charge is -2.06. The zero-order valence-electron chi connectivity index (χ0n) is 6.72. The van der Waals surface area contributed by atoms with Crippen LogP contribution in [0.3, 0.4) is 0 Å². The highest BCUT2D eigenvalue weighted by Gasteiger charge is 2.30. The first-order chi connectivity index (χ1) is 5.63. The van der Waals surface area contributed by atoms with Crippen LogP contribution >= 0.6 is 0 Å². The Morgan fingerprint density at radius 1 is 1.67 bits per heavy atom. The second-order valence-corrected chi connectivity index (χ2v) is 2.59. The summed E-state index contributed by atoms with van der Waals surface area (Å²) in [5, 5.41) is 4.54. The van der Waals surface area contributed by atoms with Crippen LogP contribution in [0.2, 0.25) is 0 Å². The second kappa shape index (κ2) is 3.34. The van der Waals surface area contributed by atoms with Crippen LogP contribution in [0, 0.1) is 0 Å².